The molecule has 1 aliphatic rings. The molecule has 0 bridgehead atoms. The smallest absolute Gasteiger partial charge is 0.462 e. The lowest BCUT2D eigenvalue weighted by atomic mass is 9.72. The zero-order valence-corrected chi connectivity index (χ0v) is 47.1. The number of hydrogen-bond acceptors (Lipinski definition) is 10. The van der Waals surface area contributed by atoms with E-state index in [0.717, 1.165) is 3.70 Å². The number of aryl methyl sites for hydroxylation is 4. The summed E-state index contributed by atoms with van der Waals surface area (Å²) in [5.74, 6) is -1.20. The second kappa shape index (κ2) is 24.7. The standard InChI is InChI=1S/C22H17ClF7N3O2.C17H20BF7O2.C11H9ClIN3O2.CH4/c1-4-35-19(34)16-7-15(9-31-18(16)23)33-10-13(8-32-33)17-11(2)5-14(6-12(17)3)20(24,21(25,26)27)22(28,29)30;1-9-7-11(15(19,16(20,21)22)17(23,24)25)8-10(2)12(9)18-26-13(3,4)14(5,6)27-18;1-2-18-11(17)8-5-7(6-14-10(8)12)16-4-3-9(13)15-16;/h5-10H,4H2,1-3H3;7-8H,1-6H3;3-6H,2H2,1H3;1H4. The predicted molar refractivity (Wildman–Crippen MR) is 280 cm³/mol. The molecule has 0 spiro atoms. The van der Waals surface area contributed by atoms with Crippen molar-refractivity contribution in [1.82, 2.24) is 29.5 Å². The van der Waals surface area contributed by atoms with Crippen molar-refractivity contribution in [2.45, 2.75) is 124 Å². The topological polar surface area (TPSA) is 132 Å². The summed E-state index contributed by atoms with van der Waals surface area (Å²) >= 11 is 13.9. The molecule has 4 aromatic heterocycles. The number of carbonyl (C=O) groups is 2. The molecule has 0 radical (unpaired) electrons. The highest BCUT2D eigenvalue weighted by molar-refractivity contribution is 14.1. The van der Waals surface area contributed by atoms with Gasteiger partial charge in [-0.3, -0.25) is 0 Å². The Balaban J connectivity index is 0.000000273. The third kappa shape index (κ3) is 13.9. The number of aromatic nitrogens is 6. The van der Waals surface area contributed by atoms with Crippen LogP contribution in [-0.2, 0) is 30.1 Å². The average Bonchev–Trinajstić information content (AvgIpc) is 4.07. The Morgan fingerprint density at radius 1 is 0.617 bits per heavy atom. The molecular weight excluding hydrogens is 1270 g/mol. The second-order valence-electron chi connectivity index (χ2n) is 18.7. The van der Waals surface area contributed by atoms with Gasteiger partial charge in [0.25, 0.3) is 0 Å². The number of hydrogen-bond donors (Lipinski definition) is 0. The largest absolute Gasteiger partial charge is 0.495 e. The molecule has 81 heavy (non-hydrogen) atoms. The Morgan fingerprint density at radius 3 is 1.33 bits per heavy atom. The highest BCUT2D eigenvalue weighted by Gasteiger charge is 2.74. The van der Waals surface area contributed by atoms with Crippen LogP contribution >= 0.6 is 45.8 Å². The molecule has 12 nitrogen and oxygen atoms in total. The van der Waals surface area contributed by atoms with Crippen molar-refractivity contribution in [1.29, 1.82) is 0 Å². The van der Waals surface area contributed by atoms with Crippen LogP contribution in [-0.4, -0.2) is 97.7 Å². The average molecular weight is 1320 g/mol. The molecule has 1 saturated heterocycles. The maximum Gasteiger partial charge on any atom is 0.495 e. The SMILES string of the molecule is C.CCOC(=O)c1cc(-n2cc(-c3c(C)cc(C(F)(C(F)(F)F)C(F)(F)F)cc3C)cn2)cnc1Cl.CCOC(=O)c1cc(-n2ccc(I)n2)cnc1Cl.Cc1cc(C(F)(C(F)(F)F)C(F)(F)F)cc(C)c1B1OC(C)(C)C(C)(C)O1. The number of ether oxygens (including phenoxy) is 2. The second-order valence-corrected chi connectivity index (χ2v) is 20.5. The van der Waals surface area contributed by atoms with E-state index in [-0.39, 0.29) is 74.4 Å². The van der Waals surface area contributed by atoms with Gasteiger partial charge in [-0.15, -0.1) is 0 Å². The molecule has 1 aliphatic heterocycles. The van der Waals surface area contributed by atoms with Gasteiger partial charge in [0.15, 0.2) is 0 Å². The monoisotopic (exact) mass is 1320 g/mol. The summed E-state index contributed by atoms with van der Waals surface area (Å²) in [7, 11) is -0.991. The van der Waals surface area contributed by atoms with E-state index in [1.165, 1.54) is 57.0 Å². The van der Waals surface area contributed by atoms with Crippen LogP contribution in [0.3, 0.4) is 0 Å². The van der Waals surface area contributed by atoms with E-state index in [4.69, 9.17) is 42.0 Å². The minimum absolute atomic E-state index is 0. The van der Waals surface area contributed by atoms with Gasteiger partial charge >= 0.3 is 55.1 Å². The molecule has 2 aromatic carbocycles. The van der Waals surface area contributed by atoms with Crippen molar-refractivity contribution in [3.63, 3.8) is 0 Å². The van der Waals surface area contributed by atoms with Crippen LogP contribution in [0.2, 0.25) is 10.3 Å². The van der Waals surface area contributed by atoms with E-state index < -0.39 is 77.4 Å². The third-order valence-electron chi connectivity index (χ3n) is 12.6. The highest BCUT2D eigenvalue weighted by atomic mass is 127. The quantitative estimate of drug-likeness (QED) is 0.0429. The number of pyridine rings is 2. The fourth-order valence-electron chi connectivity index (χ4n) is 7.97. The van der Waals surface area contributed by atoms with Crippen LogP contribution in [0.4, 0.5) is 61.5 Å². The first-order chi connectivity index (χ1) is 36.6. The molecule has 0 saturated carbocycles. The summed E-state index contributed by atoms with van der Waals surface area (Å²) in [4.78, 5) is 31.6. The van der Waals surface area contributed by atoms with Crippen LogP contribution in [0.5, 0.6) is 0 Å². The Bertz CT molecular complexity index is 3170. The Morgan fingerprint density at radius 2 is 0.988 bits per heavy atom. The molecule has 5 heterocycles. The van der Waals surface area contributed by atoms with Gasteiger partial charge in [-0.05, 0) is 132 Å². The number of halogens is 17. The summed E-state index contributed by atoms with van der Waals surface area (Å²) < 4.78 is 211. The van der Waals surface area contributed by atoms with Gasteiger partial charge in [0, 0.05) is 29.1 Å². The number of alkyl halides is 14. The van der Waals surface area contributed by atoms with Gasteiger partial charge in [-0.25, -0.2) is 37.7 Å². The Hall–Kier alpha value is -5.59. The normalized spacial score (nSPS) is 14.5. The molecule has 0 aliphatic carbocycles. The molecule has 7 rings (SSSR count). The van der Waals surface area contributed by atoms with Crippen LogP contribution in [0.15, 0.2) is 73.4 Å². The number of rotatable bonds is 10. The fourth-order valence-corrected chi connectivity index (χ4v) is 8.72. The van der Waals surface area contributed by atoms with Crippen LogP contribution in [0.25, 0.3) is 22.5 Å². The summed E-state index contributed by atoms with van der Waals surface area (Å²) in [6.07, 6.45) is -17.4. The van der Waals surface area contributed by atoms with Gasteiger partial charge in [-0.1, -0.05) is 66.0 Å². The molecule has 442 valence electrons. The lowest BCUT2D eigenvalue weighted by Crippen LogP contribution is -2.51. The minimum atomic E-state index is -6.21. The maximum atomic E-state index is 14.5. The summed E-state index contributed by atoms with van der Waals surface area (Å²) in [6.45, 7) is 15.9. The van der Waals surface area contributed by atoms with Crippen LogP contribution in [0.1, 0.15) is 103 Å². The summed E-state index contributed by atoms with van der Waals surface area (Å²) in [5.41, 5.74) is -13.6. The minimum Gasteiger partial charge on any atom is -0.462 e. The molecule has 30 heteroatoms. The van der Waals surface area contributed by atoms with Crippen LogP contribution in [0, 0.1) is 31.4 Å². The van der Waals surface area contributed by atoms with Crippen molar-refractivity contribution in [3.05, 3.63) is 132 Å². The van der Waals surface area contributed by atoms with E-state index in [1.54, 1.807) is 64.7 Å². The lowest BCUT2D eigenvalue weighted by Gasteiger charge is -2.32. The van der Waals surface area contributed by atoms with Crippen molar-refractivity contribution in [2.75, 3.05) is 13.2 Å². The van der Waals surface area contributed by atoms with Crippen LogP contribution < -0.4 is 5.46 Å². The molecule has 6 aromatic rings. The predicted octanol–water partition coefficient (Wildman–Crippen LogP) is 14.9. The van der Waals surface area contributed by atoms with Gasteiger partial charge in [0.2, 0.25) is 0 Å². The number of esters is 2. The van der Waals surface area contributed by atoms with E-state index in [0.29, 0.717) is 42.1 Å². The zero-order chi connectivity index (χ0) is 60.7. The summed E-state index contributed by atoms with van der Waals surface area (Å²) in [6, 6.07) is 6.95. The molecule has 0 atom stereocenters. The molecule has 0 unspecified atom stereocenters. The first kappa shape index (κ1) is 67.9. The lowest BCUT2D eigenvalue weighted by molar-refractivity contribution is -0.349. The Kier molecular flexibility index (Phi) is 20.7. The van der Waals surface area contributed by atoms with Crippen molar-refractivity contribution >= 4 is 70.3 Å². The van der Waals surface area contributed by atoms with Crippen molar-refractivity contribution in [2.24, 2.45) is 0 Å². The molecule has 0 amide bonds. The fraction of sp³-hybridized carbons (Fsp3) is 0.412. The molecule has 1 fully saturated rings. The maximum absolute atomic E-state index is 14.5. The molecule has 0 N–H and O–H groups in total. The third-order valence-corrected chi connectivity index (χ3v) is 13.7. The first-order valence-electron chi connectivity index (χ1n) is 23.2. The van der Waals surface area contributed by atoms with Gasteiger partial charge in [0.05, 0.1) is 65.5 Å². The van der Waals surface area contributed by atoms with Crippen molar-refractivity contribution in [3.8, 4) is 22.5 Å². The van der Waals surface area contributed by atoms with Gasteiger partial charge in [0.1, 0.15) is 14.0 Å². The van der Waals surface area contributed by atoms with E-state index in [2.05, 4.69) is 42.8 Å². The van der Waals surface area contributed by atoms with Crippen molar-refractivity contribution < 1.29 is 89.8 Å². The number of benzene rings is 2. The zero-order valence-electron chi connectivity index (χ0n) is 43.5. The highest BCUT2D eigenvalue weighted by Crippen LogP contribution is 2.55. The van der Waals surface area contributed by atoms with Gasteiger partial charge in [-0.2, -0.15) is 62.9 Å². The molecular formula is C51H50BCl2F14IN6O6. The number of carbonyl (C=O) groups excluding carboxylic acids is 2. The number of nitrogens with zero attached hydrogens (tertiary/aromatic N) is 6. The first-order valence-corrected chi connectivity index (χ1v) is 25.1. The van der Waals surface area contributed by atoms with E-state index in [9.17, 15) is 71.1 Å². The van der Waals surface area contributed by atoms with Gasteiger partial charge < -0.3 is 18.8 Å². The van der Waals surface area contributed by atoms with E-state index in [1.807, 2.05) is 6.07 Å². The Labute approximate surface area is 479 Å². The van der Waals surface area contributed by atoms with E-state index >= 15 is 0 Å². The summed E-state index contributed by atoms with van der Waals surface area (Å²) in [5, 5.41) is 8.36.